The molecule has 0 spiro atoms. The Morgan fingerprint density at radius 2 is 1.16 bits per heavy atom. The second kappa shape index (κ2) is 18.0. The fourth-order valence-corrected chi connectivity index (χ4v) is 4.67. The molecule has 4 rings (SSSR count). The van der Waals surface area contributed by atoms with E-state index in [1.54, 1.807) is 61.2 Å². The lowest BCUT2D eigenvalue weighted by Crippen LogP contribution is -2.63. The number of carbonyl (C=O) groups excluding carboxylic acids is 4. The summed E-state index contributed by atoms with van der Waals surface area (Å²) in [6.45, 7) is 4.06. The molecule has 0 radical (unpaired) electrons. The number of aromatic nitrogens is 2. The molecule has 1 aromatic carbocycles. The van der Waals surface area contributed by atoms with Crippen LogP contribution in [0.25, 0.3) is 0 Å². The molecule has 1 aliphatic heterocycles. The highest BCUT2D eigenvalue weighted by Crippen LogP contribution is 2.30. The number of carbonyl (C=O) groups is 4. The molecule has 0 bridgehead atoms. The van der Waals surface area contributed by atoms with Gasteiger partial charge in [-0.25, -0.2) is 0 Å². The topological polar surface area (TPSA) is 159 Å². The third-order valence-electron chi connectivity index (χ3n) is 6.62. The van der Waals surface area contributed by atoms with Gasteiger partial charge in [-0.2, -0.15) is 0 Å². The van der Waals surface area contributed by atoms with Crippen LogP contribution in [0.2, 0.25) is 0 Å². The maximum absolute atomic E-state index is 12.1. The van der Waals surface area contributed by atoms with Gasteiger partial charge in [0.15, 0.2) is 30.4 Å². The van der Waals surface area contributed by atoms with Crippen molar-refractivity contribution in [3.8, 4) is 29.4 Å². The summed E-state index contributed by atoms with van der Waals surface area (Å²) in [6.07, 6.45) is 0.0575. The van der Waals surface area contributed by atoms with Gasteiger partial charge in [-0.15, -0.1) is 0 Å². The number of esters is 4. The monoisotopic (exact) mass is 670 g/mol. The quantitative estimate of drug-likeness (QED) is 0.134. The van der Waals surface area contributed by atoms with Crippen LogP contribution in [-0.4, -0.2) is 84.4 Å². The molecule has 0 aliphatic carbocycles. The fraction of sp³-hybridized carbons (Fsp3) is 0.333. The fourth-order valence-electron chi connectivity index (χ4n) is 4.67. The summed E-state index contributed by atoms with van der Waals surface area (Å²) in [5, 5.41) is 0. The van der Waals surface area contributed by atoms with Crippen LogP contribution < -0.4 is 4.74 Å². The Bertz CT molecular complexity index is 1670. The molecule has 1 saturated heterocycles. The molecule has 1 aliphatic rings. The van der Waals surface area contributed by atoms with Crippen LogP contribution in [0, 0.1) is 23.7 Å². The molecular formula is C36H34N2O11. The van der Waals surface area contributed by atoms with Crippen molar-refractivity contribution >= 4 is 23.9 Å². The van der Waals surface area contributed by atoms with E-state index in [4.69, 9.17) is 33.2 Å². The summed E-state index contributed by atoms with van der Waals surface area (Å²) < 4.78 is 39.6. The van der Waals surface area contributed by atoms with Crippen molar-refractivity contribution in [2.24, 2.45) is 0 Å². The van der Waals surface area contributed by atoms with Crippen LogP contribution in [0.1, 0.15) is 49.9 Å². The number of benzene rings is 1. The van der Waals surface area contributed by atoms with Crippen molar-refractivity contribution in [2.75, 3.05) is 19.8 Å². The Morgan fingerprint density at radius 3 is 1.67 bits per heavy atom. The normalized spacial score (nSPS) is 19.5. The van der Waals surface area contributed by atoms with Crippen LogP contribution in [0.5, 0.6) is 5.75 Å². The van der Waals surface area contributed by atoms with E-state index in [2.05, 4.69) is 33.6 Å². The lowest BCUT2D eigenvalue weighted by molar-refractivity contribution is -0.308. The highest BCUT2D eigenvalue weighted by molar-refractivity contribution is 5.69. The van der Waals surface area contributed by atoms with Crippen LogP contribution in [0.4, 0.5) is 0 Å². The summed E-state index contributed by atoms with van der Waals surface area (Å²) in [5.41, 5.74) is 2.62. The largest absolute Gasteiger partial charge is 0.489 e. The summed E-state index contributed by atoms with van der Waals surface area (Å²) in [4.78, 5) is 55.9. The van der Waals surface area contributed by atoms with Crippen molar-refractivity contribution in [1.29, 1.82) is 0 Å². The Labute approximate surface area is 283 Å². The maximum atomic E-state index is 12.1. The number of para-hydroxylation sites is 1. The average molecular weight is 671 g/mol. The zero-order valence-corrected chi connectivity index (χ0v) is 27.2. The molecule has 2 aromatic heterocycles. The van der Waals surface area contributed by atoms with Crippen LogP contribution >= 0.6 is 0 Å². The zero-order chi connectivity index (χ0) is 35.2. The molecule has 0 amide bonds. The first-order valence-electron chi connectivity index (χ1n) is 15.1. The van der Waals surface area contributed by atoms with Gasteiger partial charge in [0.2, 0.25) is 0 Å². The molecule has 0 N–H and O–H groups in total. The maximum Gasteiger partial charge on any atom is 0.303 e. The van der Waals surface area contributed by atoms with Crippen LogP contribution in [0.3, 0.4) is 0 Å². The second-order valence-corrected chi connectivity index (χ2v) is 10.4. The Hall–Kier alpha value is -5.76. The van der Waals surface area contributed by atoms with E-state index >= 15 is 0 Å². The van der Waals surface area contributed by atoms with Gasteiger partial charge in [-0.05, 0) is 36.4 Å². The van der Waals surface area contributed by atoms with Gasteiger partial charge in [0.1, 0.15) is 19.3 Å². The smallest absolute Gasteiger partial charge is 0.303 e. The molecule has 1 fully saturated rings. The van der Waals surface area contributed by atoms with Crippen molar-refractivity contribution in [1.82, 2.24) is 9.97 Å². The van der Waals surface area contributed by atoms with Crippen molar-refractivity contribution in [3.63, 3.8) is 0 Å². The van der Waals surface area contributed by atoms with Gasteiger partial charge >= 0.3 is 23.9 Å². The molecule has 49 heavy (non-hydrogen) atoms. The number of hydrogen-bond acceptors (Lipinski definition) is 13. The van der Waals surface area contributed by atoms with E-state index in [0.29, 0.717) is 16.9 Å². The summed E-state index contributed by atoms with van der Waals surface area (Å²) in [7, 11) is 0. The molecule has 2 unspecified atom stereocenters. The SMILES string of the molecule is CC(=O)OCC1O[C@@H](OCCOc2c(C#Cc3ccncc3)cccc2C#Cc2ccncc2)[C@@H](OC(C)=O)C(OC(C)=O)[C@@H]1OC(C)=O. The van der Waals surface area contributed by atoms with E-state index in [1.807, 2.05) is 6.07 Å². The minimum absolute atomic E-state index is 0.0508. The van der Waals surface area contributed by atoms with E-state index < -0.39 is 54.6 Å². The van der Waals surface area contributed by atoms with E-state index in [0.717, 1.165) is 31.9 Å². The van der Waals surface area contributed by atoms with Crippen LogP contribution in [-0.2, 0) is 47.6 Å². The third-order valence-corrected chi connectivity index (χ3v) is 6.62. The standard InChI is InChI=1S/C36H34N2O11/c1-23(39)45-22-31-33(46-24(2)40)34(47-25(3)41)35(48-26(4)42)36(49-31)44-21-20-43-32-29(10-8-27-12-16-37-17-13-27)6-5-7-30(32)11-9-28-14-18-38-19-15-28/h5-7,12-19,31,33-36H,20-22H2,1-4H3/t31?,33-,34?,35+,36-/m1/s1. The van der Waals surface area contributed by atoms with Crippen molar-refractivity contribution in [3.05, 3.63) is 89.5 Å². The molecule has 13 heteroatoms. The number of nitrogens with zero attached hydrogens (tertiary/aromatic N) is 2. The second-order valence-electron chi connectivity index (χ2n) is 10.4. The molecular weight excluding hydrogens is 636 g/mol. The molecule has 0 saturated carbocycles. The minimum atomic E-state index is -1.36. The van der Waals surface area contributed by atoms with Gasteiger partial charge in [0.05, 0.1) is 17.7 Å². The first-order chi connectivity index (χ1) is 23.6. The zero-order valence-electron chi connectivity index (χ0n) is 27.2. The highest BCUT2D eigenvalue weighted by Gasteiger charge is 2.52. The molecule has 5 atom stereocenters. The van der Waals surface area contributed by atoms with E-state index in [-0.39, 0.29) is 19.8 Å². The number of hydrogen-bond donors (Lipinski definition) is 0. The van der Waals surface area contributed by atoms with Gasteiger partial charge in [-0.3, -0.25) is 29.1 Å². The van der Waals surface area contributed by atoms with Crippen molar-refractivity contribution in [2.45, 2.75) is 58.4 Å². The third kappa shape index (κ3) is 11.2. The molecule has 254 valence electrons. The summed E-state index contributed by atoms with van der Waals surface area (Å²) in [5.74, 6) is 9.98. The minimum Gasteiger partial charge on any atom is -0.489 e. The lowest BCUT2D eigenvalue weighted by Gasteiger charge is -2.44. The first kappa shape index (κ1) is 36.1. The summed E-state index contributed by atoms with van der Waals surface area (Å²) in [6, 6.07) is 12.5. The van der Waals surface area contributed by atoms with E-state index in [1.165, 1.54) is 6.92 Å². The highest BCUT2D eigenvalue weighted by atomic mass is 16.7. The van der Waals surface area contributed by atoms with Gasteiger partial charge in [0, 0.05) is 63.6 Å². The van der Waals surface area contributed by atoms with Crippen molar-refractivity contribution < 1.29 is 52.3 Å². The Balaban J connectivity index is 1.59. The Kier molecular flexibility index (Phi) is 13.2. The molecule has 13 nitrogen and oxygen atoms in total. The predicted molar refractivity (Wildman–Crippen MR) is 170 cm³/mol. The molecule has 3 aromatic rings. The number of pyridine rings is 2. The van der Waals surface area contributed by atoms with Gasteiger partial charge in [-0.1, -0.05) is 29.7 Å². The average Bonchev–Trinajstić information content (AvgIpc) is 3.07. The van der Waals surface area contributed by atoms with Crippen LogP contribution in [0.15, 0.2) is 67.3 Å². The first-order valence-corrected chi connectivity index (χ1v) is 15.1. The number of ether oxygens (including phenoxy) is 7. The molecule has 3 heterocycles. The Morgan fingerprint density at radius 1 is 0.653 bits per heavy atom. The summed E-state index contributed by atoms with van der Waals surface area (Å²) >= 11 is 0. The van der Waals surface area contributed by atoms with E-state index in [9.17, 15) is 19.2 Å². The van der Waals surface area contributed by atoms with Gasteiger partial charge < -0.3 is 33.2 Å². The predicted octanol–water partition coefficient (Wildman–Crippen LogP) is 2.75. The van der Waals surface area contributed by atoms with Gasteiger partial charge in [0.25, 0.3) is 0 Å². The lowest BCUT2D eigenvalue weighted by atomic mass is 9.98. The number of rotatable bonds is 10.